The highest BCUT2D eigenvalue weighted by molar-refractivity contribution is 5.83. The summed E-state index contributed by atoms with van der Waals surface area (Å²) in [7, 11) is 0. The van der Waals surface area contributed by atoms with Crippen molar-refractivity contribution in [2.24, 2.45) is 0 Å². The number of nitrogens with one attached hydrogen (secondary N) is 1. The van der Waals surface area contributed by atoms with Gasteiger partial charge in [0.1, 0.15) is 0 Å². The Labute approximate surface area is 68.8 Å². The zero-order chi connectivity index (χ0) is 9.78. The number of carbonyl (C=O) groups is 2. The van der Waals surface area contributed by atoms with E-state index in [1.54, 1.807) is 6.92 Å². The van der Waals surface area contributed by atoms with Gasteiger partial charge in [-0.15, -0.1) is 0 Å². The zero-order valence-corrected chi connectivity index (χ0v) is 6.57. The number of aliphatic carboxylic acids is 2. The molecule has 0 amide bonds. The van der Waals surface area contributed by atoms with E-state index in [1.165, 1.54) is 0 Å². The van der Waals surface area contributed by atoms with E-state index in [0.29, 0.717) is 0 Å². The van der Waals surface area contributed by atoms with Gasteiger partial charge in [0.25, 0.3) is 0 Å². The second-order valence-electron chi connectivity index (χ2n) is 2.27. The molecule has 0 aromatic heterocycles. The van der Waals surface area contributed by atoms with Gasteiger partial charge in [-0.05, 0) is 6.54 Å². The van der Waals surface area contributed by atoms with Crippen LogP contribution in [-0.2, 0) is 9.59 Å². The van der Waals surface area contributed by atoms with Gasteiger partial charge in [0, 0.05) is 0 Å². The average Bonchev–Trinajstić information content (AvgIpc) is 1.85. The Morgan fingerprint density at radius 2 is 1.92 bits per heavy atom. The molecule has 0 heterocycles. The molecule has 0 saturated heterocycles. The van der Waals surface area contributed by atoms with Crippen molar-refractivity contribution in [3.8, 4) is 0 Å². The minimum absolute atomic E-state index is 0.177. The summed E-state index contributed by atoms with van der Waals surface area (Å²) < 4.78 is 0. The summed E-state index contributed by atoms with van der Waals surface area (Å²) in [6.45, 7) is 1.74. The first-order chi connectivity index (χ1) is 5.42. The lowest BCUT2D eigenvalue weighted by Crippen LogP contribution is -2.53. The molecule has 0 radical (unpaired) electrons. The lowest BCUT2D eigenvalue weighted by molar-refractivity contribution is -0.169. The standard InChI is InChI=1S/C6H11NO5/c1-2-7-6(12,5(10)11)3-4(8)9/h7,12H,2-3H2,1H3,(H,8,9)(H,10,11). The van der Waals surface area contributed by atoms with E-state index >= 15 is 0 Å². The van der Waals surface area contributed by atoms with Crippen molar-refractivity contribution in [1.29, 1.82) is 0 Å². The van der Waals surface area contributed by atoms with E-state index in [2.05, 4.69) is 5.32 Å². The van der Waals surface area contributed by atoms with E-state index in [4.69, 9.17) is 15.3 Å². The van der Waals surface area contributed by atoms with Crippen LogP contribution in [0.1, 0.15) is 13.3 Å². The van der Waals surface area contributed by atoms with E-state index in [1.807, 2.05) is 0 Å². The first-order valence-electron chi connectivity index (χ1n) is 3.35. The van der Waals surface area contributed by atoms with Crippen molar-refractivity contribution in [3.63, 3.8) is 0 Å². The maximum Gasteiger partial charge on any atom is 0.351 e. The molecule has 0 aromatic rings. The molecule has 0 aliphatic rings. The van der Waals surface area contributed by atoms with Crippen LogP contribution in [-0.4, -0.2) is 39.5 Å². The van der Waals surface area contributed by atoms with Crippen LogP contribution in [0.2, 0.25) is 0 Å². The molecule has 0 saturated carbocycles. The molecule has 0 aliphatic carbocycles. The Bertz CT molecular complexity index is 192. The maximum atomic E-state index is 10.4. The second kappa shape index (κ2) is 4.03. The topological polar surface area (TPSA) is 107 Å². The quantitative estimate of drug-likeness (QED) is 0.395. The molecule has 0 aliphatic heterocycles. The summed E-state index contributed by atoms with van der Waals surface area (Å²) in [6.07, 6.45) is -0.865. The second-order valence-corrected chi connectivity index (χ2v) is 2.27. The van der Waals surface area contributed by atoms with E-state index in [9.17, 15) is 9.59 Å². The van der Waals surface area contributed by atoms with Gasteiger partial charge < -0.3 is 15.3 Å². The van der Waals surface area contributed by atoms with Crippen LogP contribution in [0.25, 0.3) is 0 Å². The summed E-state index contributed by atoms with van der Waals surface area (Å²) >= 11 is 0. The molecule has 12 heavy (non-hydrogen) atoms. The highest BCUT2D eigenvalue weighted by Gasteiger charge is 2.37. The van der Waals surface area contributed by atoms with Gasteiger partial charge >= 0.3 is 11.9 Å². The molecule has 6 heteroatoms. The first-order valence-corrected chi connectivity index (χ1v) is 3.35. The first kappa shape index (κ1) is 10.9. The van der Waals surface area contributed by atoms with Crippen molar-refractivity contribution in [3.05, 3.63) is 0 Å². The number of likely N-dealkylation sites (N-methyl/N-ethyl adjacent to an activating group) is 1. The fraction of sp³-hybridized carbons (Fsp3) is 0.667. The van der Waals surface area contributed by atoms with Crippen molar-refractivity contribution in [2.45, 2.75) is 19.1 Å². The Hall–Kier alpha value is -1.14. The highest BCUT2D eigenvalue weighted by atomic mass is 16.4. The SMILES string of the molecule is CCNC(O)(CC(=O)O)C(=O)O. The zero-order valence-electron chi connectivity index (χ0n) is 6.57. The monoisotopic (exact) mass is 177 g/mol. The number of aliphatic hydroxyl groups is 1. The predicted octanol–water partition coefficient (Wildman–Crippen LogP) is -1.16. The third kappa shape index (κ3) is 2.85. The highest BCUT2D eigenvalue weighted by Crippen LogP contribution is 2.05. The number of hydrogen-bond acceptors (Lipinski definition) is 4. The summed E-state index contributed by atoms with van der Waals surface area (Å²) in [5, 5.41) is 28.0. The Balaban J connectivity index is 4.38. The molecule has 1 unspecified atom stereocenters. The summed E-state index contributed by atoms with van der Waals surface area (Å²) in [4.78, 5) is 20.5. The van der Waals surface area contributed by atoms with E-state index in [-0.39, 0.29) is 6.54 Å². The lowest BCUT2D eigenvalue weighted by atomic mass is 10.1. The summed E-state index contributed by atoms with van der Waals surface area (Å²) in [6, 6.07) is 0. The van der Waals surface area contributed by atoms with Crippen LogP contribution in [0.3, 0.4) is 0 Å². The van der Waals surface area contributed by atoms with Gasteiger partial charge in [0.05, 0.1) is 6.42 Å². The van der Waals surface area contributed by atoms with Crippen LogP contribution in [0.4, 0.5) is 0 Å². The number of rotatable bonds is 5. The minimum atomic E-state index is -2.36. The third-order valence-electron chi connectivity index (χ3n) is 1.23. The van der Waals surface area contributed by atoms with Crippen LogP contribution in [0, 0.1) is 0 Å². The van der Waals surface area contributed by atoms with Crippen LogP contribution < -0.4 is 5.32 Å². The maximum absolute atomic E-state index is 10.4. The van der Waals surface area contributed by atoms with E-state index in [0.717, 1.165) is 0 Å². The molecule has 0 fully saturated rings. The van der Waals surface area contributed by atoms with Crippen LogP contribution in [0.15, 0.2) is 0 Å². The Kier molecular flexibility index (Phi) is 3.65. The number of carboxylic acid groups (broad SMARTS) is 2. The van der Waals surface area contributed by atoms with E-state index < -0.39 is 24.1 Å². The number of carboxylic acids is 2. The fourth-order valence-corrected chi connectivity index (χ4v) is 0.725. The van der Waals surface area contributed by atoms with Crippen molar-refractivity contribution >= 4 is 11.9 Å². The molecule has 70 valence electrons. The Morgan fingerprint density at radius 1 is 1.42 bits per heavy atom. The Morgan fingerprint density at radius 3 is 2.17 bits per heavy atom. The molecule has 4 N–H and O–H groups in total. The van der Waals surface area contributed by atoms with Crippen molar-refractivity contribution < 1.29 is 24.9 Å². The molecular formula is C6H11NO5. The van der Waals surface area contributed by atoms with Crippen LogP contribution >= 0.6 is 0 Å². The van der Waals surface area contributed by atoms with Gasteiger partial charge in [-0.1, -0.05) is 6.92 Å². The van der Waals surface area contributed by atoms with Gasteiger partial charge in [-0.25, -0.2) is 4.79 Å². The molecular weight excluding hydrogens is 166 g/mol. The normalized spacial score (nSPS) is 15.2. The molecule has 0 rings (SSSR count). The summed E-state index contributed by atoms with van der Waals surface area (Å²) in [5.41, 5.74) is -2.36. The lowest BCUT2D eigenvalue weighted by Gasteiger charge is -2.21. The predicted molar refractivity (Wildman–Crippen MR) is 38.5 cm³/mol. The van der Waals surface area contributed by atoms with Gasteiger partial charge in [-0.2, -0.15) is 0 Å². The molecule has 1 atom stereocenters. The van der Waals surface area contributed by atoms with Gasteiger partial charge in [0.15, 0.2) is 0 Å². The van der Waals surface area contributed by atoms with Crippen LogP contribution in [0.5, 0.6) is 0 Å². The molecule has 0 spiro atoms. The largest absolute Gasteiger partial charge is 0.481 e. The number of hydrogen-bond donors (Lipinski definition) is 4. The minimum Gasteiger partial charge on any atom is -0.481 e. The molecule has 0 bridgehead atoms. The smallest absolute Gasteiger partial charge is 0.351 e. The molecule has 6 nitrogen and oxygen atoms in total. The van der Waals surface area contributed by atoms with Gasteiger partial charge in [-0.3, -0.25) is 10.1 Å². The van der Waals surface area contributed by atoms with Crippen molar-refractivity contribution in [1.82, 2.24) is 5.32 Å². The summed E-state index contributed by atoms with van der Waals surface area (Å²) in [5.74, 6) is -2.97. The van der Waals surface area contributed by atoms with Crippen molar-refractivity contribution in [2.75, 3.05) is 6.54 Å². The fourth-order valence-electron chi connectivity index (χ4n) is 0.725. The molecule has 0 aromatic carbocycles. The average molecular weight is 177 g/mol. The van der Waals surface area contributed by atoms with Gasteiger partial charge in [0.2, 0.25) is 5.72 Å². The third-order valence-corrected chi connectivity index (χ3v) is 1.23.